The lowest BCUT2D eigenvalue weighted by atomic mass is 10.3. The summed E-state index contributed by atoms with van der Waals surface area (Å²) in [5, 5.41) is 0.213. The van der Waals surface area contributed by atoms with Crippen molar-refractivity contribution in [3.63, 3.8) is 0 Å². The van der Waals surface area contributed by atoms with Crippen molar-refractivity contribution in [2.45, 2.75) is 4.90 Å². The van der Waals surface area contributed by atoms with Crippen LogP contribution in [0.3, 0.4) is 0 Å². The number of benzene rings is 2. The average Bonchev–Trinajstić information content (AvgIpc) is 2.39. The van der Waals surface area contributed by atoms with E-state index in [9.17, 15) is 21.6 Å². The number of halogens is 4. The quantitative estimate of drug-likeness (QED) is 0.668. The molecule has 0 spiro atoms. The molecular weight excluding hydrogens is 329 g/mol. The van der Waals surface area contributed by atoms with Crippen molar-refractivity contribution in [2.75, 3.05) is 10.5 Å². The molecule has 2 aromatic rings. The van der Waals surface area contributed by atoms with Gasteiger partial charge in [0.2, 0.25) is 0 Å². The predicted molar refractivity (Wildman–Crippen MR) is 73.0 cm³/mol. The minimum Gasteiger partial charge on any atom is -0.398 e. The van der Waals surface area contributed by atoms with Crippen molar-refractivity contribution in [2.24, 2.45) is 0 Å². The van der Waals surface area contributed by atoms with E-state index in [0.717, 1.165) is 12.1 Å². The van der Waals surface area contributed by atoms with Crippen LogP contribution in [0.1, 0.15) is 0 Å². The third-order valence-electron chi connectivity index (χ3n) is 2.54. The molecule has 0 atom stereocenters. The summed E-state index contributed by atoms with van der Waals surface area (Å²) >= 11 is 5.64. The standard InChI is InChI=1S/C12H8ClF3N2O2S/c13-6-1-4-10(8(17)5-6)21(19,20)18-9-3-2-7(14)11(15)12(9)16/h1-5,18H,17H2. The van der Waals surface area contributed by atoms with Crippen LogP contribution < -0.4 is 10.5 Å². The fraction of sp³-hybridized carbons (Fsp3) is 0. The summed E-state index contributed by atoms with van der Waals surface area (Å²) in [6.07, 6.45) is 0. The molecule has 0 fully saturated rings. The zero-order chi connectivity index (χ0) is 15.8. The lowest BCUT2D eigenvalue weighted by molar-refractivity contribution is 0.449. The van der Waals surface area contributed by atoms with Gasteiger partial charge in [0, 0.05) is 5.02 Å². The highest BCUT2D eigenvalue weighted by molar-refractivity contribution is 7.92. The molecule has 4 nitrogen and oxygen atoms in total. The van der Waals surface area contributed by atoms with Gasteiger partial charge in [-0.05, 0) is 30.3 Å². The van der Waals surface area contributed by atoms with Crippen LogP contribution in [0, 0.1) is 17.5 Å². The molecule has 0 aliphatic heterocycles. The van der Waals surface area contributed by atoms with Gasteiger partial charge in [-0.2, -0.15) is 0 Å². The highest BCUT2D eigenvalue weighted by Crippen LogP contribution is 2.26. The lowest BCUT2D eigenvalue weighted by Gasteiger charge is -2.11. The largest absolute Gasteiger partial charge is 0.398 e. The Balaban J connectivity index is 2.45. The van der Waals surface area contributed by atoms with Crippen molar-refractivity contribution >= 4 is 33.0 Å². The zero-order valence-corrected chi connectivity index (χ0v) is 11.8. The molecule has 21 heavy (non-hydrogen) atoms. The van der Waals surface area contributed by atoms with E-state index >= 15 is 0 Å². The Morgan fingerprint density at radius 1 is 1.05 bits per heavy atom. The Bertz CT molecular complexity index is 812. The predicted octanol–water partition coefficient (Wildman–Crippen LogP) is 3.14. The molecule has 0 saturated carbocycles. The fourth-order valence-electron chi connectivity index (χ4n) is 1.57. The minimum atomic E-state index is -4.28. The third kappa shape index (κ3) is 3.06. The van der Waals surface area contributed by atoms with Gasteiger partial charge in [-0.25, -0.2) is 21.6 Å². The van der Waals surface area contributed by atoms with Gasteiger partial charge in [0.15, 0.2) is 17.5 Å². The molecule has 112 valence electrons. The Morgan fingerprint density at radius 3 is 2.33 bits per heavy atom. The summed E-state index contributed by atoms with van der Waals surface area (Å²) in [4.78, 5) is -0.365. The Morgan fingerprint density at radius 2 is 1.71 bits per heavy atom. The number of nitrogens with one attached hydrogen (secondary N) is 1. The van der Waals surface area contributed by atoms with Crippen LogP contribution in [-0.2, 0) is 10.0 Å². The average molecular weight is 337 g/mol. The van der Waals surface area contributed by atoms with E-state index in [0.29, 0.717) is 6.07 Å². The molecule has 0 aromatic heterocycles. The number of rotatable bonds is 3. The van der Waals surface area contributed by atoms with E-state index in [1.807, 2.05) is 0 Å². The van der Waals surface area contributed by atoms with E-state index in [4.69, 9.17) is 17.3 Å². The molecule has 0 aliphatic carbocycles. The molecule has 0 saturated heterocycles. The molecule has 2 rings (SSSR count). The zero-order valence-electron chi connectivity index (χ0n) is 10.2. The van der Waals surface area contributed by atoms with Gasteiger partial charge in [-0.1, -0.05) is 11.6 Å². The Labute approximate surface area is 123 Å². The summed E-state index contributed by atoms with van der Waals surface area (Å²) in [7, 11) is -4.28. The van der Waals surface area contributed by atoms with Crippen molar-refractivity contribution in [1.82, 2.24) is 0 Å². The molecule has 0 radical (unpaired) electrons. The molecule has 0 aliphatic rings. The second-order valence-corrected chi connectivity index (χ2v) is 6.10. The number of sulfonamides is 1. The monoisotopic (exact) mass is 336 g/mol. The first-order valence-corrected chi connectivity index (χ1v) is 7.30. The number of anilines is 2. The minimum absolute atomic E-state index is 0.169. The second kappa shape index (κ2) is 5.45. The lowest BCUT2D eigenvalue weighted by Crippen LogP contribution is -2.16. The highest BCUT2D eigenvalue weighted by Gasteiger charge is 2.21. The highest BCUT2D eigenvalue weighted by atomic mass is 35.5. The maximum atomic E-state index is 13.5. The number of nitrogens with two attached hydrogens (primary N) is 1. The topological polar surface area (TPSA) is 72.2 Å². The van der Waals surface area contributed by atoms with E-state index in [1.165, 1.54) is 12.1 Å². The first-order chi connectivity index (χ1) is 9.72. The fourth-order valence-corrected chi connectivity index (χ4v) is 2.92. The molecule has 9 heteroatoms. The maximum Gasteiger partial charge on any atom is 0.264 e. The van der Waals surface area contributed by atoms with Crippen LogP contribution in [0.5, 0.6) is 0 Å². The SMILES string of the molecule is Nc1cc(Cl)ccc1S(=O)(=O)Nc1ccc(F)c(F)c1F. The third-order valence-corrected chi connectivity index (χ3v) is 4.22. The summed E-state index contributed by atoms with van der Waals surface area (Å²) in [5.74, 6) is -4.85. The van der Waals surface area contributed by atoms with Crippen LogP contribution in [0.15, 0.2) is 35.2 Å². The van der Waals surface area contributed by atoms with Crippen molar-refractivity contribution in [3.05, 3.63) is 52.8 Å². The number of hydrogen-bond acceptors (Lipinski definition) is 3. The molecule has 0 amide bonds. The van der Waals surface area contributed by atoms with E-state index < -0.39 is 33.2 Å². The molecule has 0 bridgehead atoms. The van der Waals surface area contributed by atoms with Gasteiger partial charge in [-0.15, -0.1) is 0 Å². The van der Waals surface area contributed by atoms with Gasteiger partial charge in [0.1, 0.15) is 4.90 Å². The molecule has 2 aromatic carbocycles. The van der Waals surface area contributed by atoms with Gasteiger partial charge in [0.25, 0.3) is 10.0 Å². The van der Waals surface area contributed by atoms with Gasteiger partial charge in [-0.3, -0.25) is 4.72 Å². The summed E-state index contributed by atoms with van der Waals surface area (Å²) < 4.78 is 65.3. The summed E-state index contributed by atoms with van der Waals surface area (Å²) in [6.45, 7) is 0. The van der Waals surface area contributed by atoms with Crippen molar-refractivity contribution < 1.29 is 21.6 Å². The molecule has 0 heterocycles. The Kier molecular flexibility index (Phi) is 4.02. The van der Waals surface area contributed by atoms with Crippen LogP contribution in [0.2, 0.25) is 5.02 Å². The Hall–Kier alpha value is -1.93. The molecule has 3 N–H and O–H groups in total. The summed E-state index contributed by atoms with van der Waals surface area (Å²) in [5.41, 5.74) is 4.62. The smallest absolute Gasteiger partial charge is 0.264 e. The first kappa shape index (κ1) is 15.5. The first-order valence-electron chi connectivity index (χ1n) is 5.43. The number of nitrogen functional groups attached to an aromatic ring is 1. The van der Waals surface area contributed by atoms with Crippen LogP contribution in [-0.4, -0.2) is 8.42 Å². The van der Waals surface area contributed by atoms with Crippen LogP contribution >= 0.6 is 11.6 Å². The molecular formula is C12H8ClF3N2O2S. The molecule has 0 unspecified atom stereocenters. The van der Waals surface area contributed by atoms with Gasteiger partial charge >= 0.3 is 0 Å². The van der Waals surface area contributed by atoms with Crippen LogP contribution in [0.25, 0.3) is 0 Å². The number of hydrogen-bond donors (Lipinski definition) is 2. The summed E-state index contributed by atoms with van der Waals surface area (Å²) in [6, 6.07) is 4.93. The van der Waals surface area contributed by atoms with Gasteiger partial charge < -0.3 is 5.73 Å². The maximum absolute atomic E-state index is 13.5. The van der Waals surface area contributed by atoms with E-state index in [2.05, 4.69) is 0 Å². The normalized spacial score (nSPS) is 11.4. The van der Waals surface area contributed by atoms with Gasteiger partial charge in [0.05, 0.1) is 11.4 Å². The van der Waals surface area contributed by atoms with Crippen molar-refractivity contribution in [1.29, 1.82) is 0 Å². The van der Waals surface area contributed by atoms with Crippen molar-refractivity contribution in [3.8, 4) is 0 Å². The van der Waals surface area contributed by atoms with E-state index in [1.54, 1.807) is 4.72 Å². The van der Waals surface area contributed by atoms with E-state index in [-0.39, 0.29) is 15.6 Å². The second-order valence-electron chi connectivity index (χ2n) is 4.01. The van der Waals surface area contributed by atoms with Crippen LogP contribution in [0.4, 0.5) is 24.5 Å².